The van der Waals surface area contributed by atoms with Gasteiger partial charge in [0.05, 0.1) is 0 Å². The fourth-order valence-corrected chi connectivity index (χ4v) is 6.97. The highest BCUT2D eigenvalue weighted by Crippen LogP contribution is 2.39. The molecule has 178 valence electrons. The van der Waals surface area contributed by atoms with Crippen molar-refractivity contribution in [2.45, 2.75) is 114 Å². The standard InChI is InChI=1S/C27H40BrN3.ClH/c28-21-8-15-27-25(16-21)26(18-31(27)17-19-4-2-1-3-5-19)20-6-11-23(12-7-20)30-24-13-9-22(29)10-14-24;/h8,15-16,18-20,22-24,30H,1-7,9-14,17,29H2;1H/t20?,22-,23?,24-;. The average molecular weight is 523 g/mol. The lowest BCUT2D eigenvalue weighted by Crippen LogP contribution is -2.43. The van der Waals surface area contributed by atoms with E-state index >= 15 is 0 Å². The van der Waals surface area contributed by atoms with Crippen LogP contribution in [0.25, 0.3) is 10.9 Å². The van der Waals surface area contributed by atoms with Crippen LogP contribution in [0, 0.1) is 5.92 Å². The molecule has 32 heavy (non-hydrogen) atoms. The second-order valence-electron chi connectivity index (χ2n) is 10.7. The summed E-state index contributed by atoms with van der Waals surface area (Å²) in [6, 6.07) is 8.79. The Morgan fingerprint density at radius 3 is 2.22 bits per heavy atom. The van der Waals surface area contributed by atoms with Gasteiger partial charge in [0.1, 0.15) is 0 Å². The second-order valence-corrected chi connectivity index (χ2v) is 11.6. The molecular weight excluding hydrogens is 482 g/mol. The van der Waals surface area contributed by atoms with Crippen LogP contribution in [-0.2, 0) is 6.54 Å². The third-order valence-electron chi connectivity index (χ3n) is 8.46. The third kappa shape index (κ3) is 5.74. The summed E-state index contributed by atoms with van der Waals surface area (Å²) in [5.74, 6) is 1.58. The summed E-state index contributed by atoms with van der Waals surface area (Å²) < 4.78 is 3.81. The SMILES string of the molecule is Cl.N[C@H]1CC[C@H](NC2CCC(c3cn(CC4CCCCC4)c4ccc(Br)cc34)CC2)CC1. The van der Waals surface area contributed by atoms with Crippen molar-refractivity contribution in [2.75, 3.05) is 0 Å². The van der Waals surface area contributed by atoms with Gasteiger partial charge in [0.15, 0.2) is 0 Å². The first-order valence-corrected chi connectivity index (χ1v) is 13.7. The molecule has 3 aliphatic rings. The minimum Gasteiger partial charge on any atom is -0.347 e. The molecule has 5 rings (SSSR count). The predicted octanol–water partition coefficient (Wildman–Crippen LogP) is 7.29. The minimum absolute atomic E-state index is 0. The highest BCUT2D eigenvalue weighted by Gasteiger charge is 2.28. The number of rotatable bonds is 5. The number of nitrogens with two attached hydrogens (primary N) is 1. The molecule has 5 heteroatoms. The van der Waals surface area contributed by atoms with Gasteiger partial charge >= 0.3 is 0 Å². The molecule has 3 aliphatic carbocycles. The molecule has 0 atom stereocenters. The average Bonchev–Trinajstić information content (AvgIpc) is 3.14. The summed E-state index contributed by atoms with van der Waals surface area (Å²) in [6.45, 7) is 1.21. The first-order valence-electron chi connectivity index (χ1n) is 13.0. The number of halogens is 2. The molecule has 3 saturated carbocycles. The van der Waals surface area contributed by atoms with Gasteiger partial charge in [-0.1, -0.05) is 35.2 Å². The Labute approximate surface area is 208 Å². The van der Waals surface area contributed by atoms with Gasteiger partial charge in [-0.25, -0.2) is 0 Å². The van der Waals surface area contributed by atoms with Crippen LogP contribution in [0.2, 0.25) is 0 Å². The molecule has 0 unspecified atom stereocenters. The maximum atomic E-state index is 6.10. The van der Waals surface area contributed by atoms with Crippen LogP contribution < -0.4 is 11.1 Å². The van der Waals surface area contributed by atoms with E-state index in [4.69, 9.17) is 5.73 Å². The lowest BCUT2D eigenvalue weighted by molar-refractivity contribution is 0.268. The Morgan fingerprint density at radius 1 is 0.875 bits per heavy atom. The molecule has 0 radical (unpaired) electrons. The van der Waals surface area contributed by atoms with E-state index < -0.39 is 0 Å². The monoisotopic (exact) mass is 521 g/mol. The molecule has 3 fully saturated rings. The van der Waals surface area contributed by atoms with Crippen molar-refractivity contribution in [1.29, 1.82) is 0 Å². The van der Waals surface area contributed by atoms with E-state index in [9.17, 15) is 0 Å². The molecule has 2 aromatic rings. The first-order chi connectivity index (χ1) is 15.2. The van der Waals surface area contributed by atoms with E-state index in [0.29, 0.717) is 24.0 Å². The maximum absolute atomic E-state index is 6.10. The molecule has 3 N–H and O–H groups in total. The summed E-state index contributed by atoms with van der Waals surface area (Å²) in [7, 11) is 0. The number of nitrogens with zero attached hydrogens (tertiary/aromatic N) is 1. The highest BCUT2D eigenvalue weighted by molar-refractivity contribution is 9.10. The molecular formula is C27H41BrClN3. The Hall–Kier alpha value is -0.550. The van der Waals surface area contributed by atoms with Gasteiger partial charge in [-0.15, -0.1) is 12.4 Å². The Morgan fingerprint density at radius 2 is 1.53 bits per heavy atom. The summed E-state index contributed by atoms with van der Waals surface area (Å²) in [5.41, 5.74) is 9.15. The number of benzene rings is 1. The topological polar surface area (TPSA) is 43.0 Å². The Bertz CT molecular complexity index is 859. The maximum Gasteiger partial charge on any atom is 0.0484 e. The van der Waals surface area contributed by atoms with Crippen LogP contribution in [0.15, 0.2) is 28.9 Å². The summed E-state index contributed by atoms with van der Waals surface area (Å²) in [6.07, 6.45) is 19.8. The van der Waals surface area contributed by atoms with Gasteiger partial charge in [-0.3, -0.25) is 0 Å². The zero-order valence-corrected chi connectivity index (χ0v) is 21.8. The zero-order chi connectivity index (χ0) is 21.2. The van der Waals surface area contributed by atoms with Gasteiger partial charge in [-0.2, -0.15) is 0 Å². The summed E-state index contributed by atoms with van der Waals surface area (Å²) in [4.78, 5) is 0. The first kappa shape index (κ1) is 24.6. The number of hydrogen-bond donors (Lipinski definition) is 2. The lowest BCUT2D eigenvalue weighted by Gasteiger charge is -2.34. The van der Waals surface area contributed by atoms with Crippen molar-refractivity contribution in [1.82, 2.24) is 9.88 Å². The number of fused-ring (bicyclic) bond motifs is 1. The zero-order valence-electron chi connectivity index (χ0n) is 19.4. The lowest BCUT2D eigenvalue weighted by atomic mass is 9.81. The van der Waals surface area contributed by atoms with Crippen molar-refractivity contribution in [3.05, 3.63) is 34.4 Å². The van der Waals surface area contributed by atoms with E-state index in [2.05, 4.69) is 50.2 Å². The van der Waals surface area contributed by atoms with Crippen LogP contribution >= 0.6 is 28.3 Å². The third-order valence-corrected chi connectivity index (χ3v) is 8.96. The molecule has 0 spiro atoms. The molecule has 3 nitrogen and oxygen atoms in total. The number of aromatic nitrogens is 1. The quantitative estimate of drug-likeness (QED) is 0.433. The van der Waals surface area contributed by atoms with Crippen LogP contribution in [0.5, 0.6) is 0 Å². The van der Waals surface area contributed by atoms with Crippen molar-refractivity contribution in [3.8, 4) is 0 Å². The van der Waals surface area contributed by atoms with Crippen LogP contribution in [0.1, 0.15) is 95.0 Å². The largest absolute Gasteiger partial charge is 0.347 e. The van der Waals surface area contributed by atoms with Gasteiger partial charge in [0.2, 0.25) is 0 Å². The van der Waals surface area contributed by atoms with Gasteiger partial charge in [0.25, 0.3) is 0 Å². The fourth-order valence-electron chi connectivity index (χ4n) is 6.61. The number of nitrogens with one attached hydrogen (secondary N) is 1. The summed E-state index contributed by atoms with van der Waals surface area (Å²) in [5, 5.41) is 5.48. The minimum atomic E-state index is 0. The molecule has 0 amide bonds. The predicted molar refractivity (Wildman–Crippen MR) is 142 cm³/mol. The van der Waals surface area contributed by atoms with Crippen molar-refractivity contribution in [2.24, 2.45) is 11.7 Å². The summed E-state index contributed by atoms with van der Waals surface area (Å²) >= 11 is 3.74. The Kier molecular flexibility index (Phi) is 8.64. The van der Waals surface area contributed by atoms with E-state index in [1.165, 1.54) is 105 Å². The molecule has 1 aromatic heterocycles. The Balaban J connectivity index is 0.00000245. The van der Waals surface area contributed by atoms with Crippen molar-refractivity contribution >= 4 is 39.2 Å². The molecule has 0 aliphatic heterocycles. The van der Waals surface area contributed by atoms with E-state index in [1.54, 1.807) is 5.56 Å². The highest BCUT2D eigenvalue weighted by atomic mass is 79.9. The fraction of sp³-hybridized carbons (Fsp3) is 0.704. The van der Waals surface area contributed by atoms with Crippen LogP contribution in [-0.4, -0.2) is 22.7 Å². The van der Waals surface area contributed by atoms with Crippen molar-refractivity contribution < 1.29 is 0 Å². The second kappa shape index (κ2) is 11.3. The molecule has 0 saturated heterocycles. The van der Waals surface area contributed by atoms with Crippen LogP contribution in [0.4, 0.5) is 0 Å². The molecule has 0 bridgehead atoms. The number of hydrogen-bond acceptors (Lipinski definition) is 2. The normalized spacial score (nSPS) is 29.7. The van der Waals surface area contributed by atoms with Gasteiger partial charge < -0.3 is 15.6 Å². The van der Waals surface area contributed by atoms with E-state index in [0.717, 1.165) is 5.92 Å². The van der Waals surface area contributed by atoms with Crippen LogP contribution in [0.3, 0.4) is 0 Å². The van der Waals surface area contributed by atoms with Crippen molar-refractivity contribution in [3.63, 3.8) is 0 Å². The van der Waals surface area contributed by atoms with E-state index in [-0.39, 0.29) is 12.4 Å². The molecule has 1 aromatic carbocycles. The molecule has 1 heterocycles. The van der Waals surface area contributed by atoms with Gasteiger partial charge in [0, 0.05) is 46.2 Å². The van der Waals surface area contributed by atoms with Gasteiger partial charge in [-0.05, 0) is 99.8 Å². The van der Waals surface area contributed by atoms with E-state index in [1.807, 2.05) is 0 Å². The smallest absolute Gasteiger partial charge is 0.0484 e.